The molecule has 104 valence electrons. The lowest BCUT2D eigenvalue weighted by Crippen LogP contribution is -2.28. The van der Waals surface area contributed by atoms with Crippen molar-refractivity contribution < 1.29 is 0 Å². The van der Waals surface area contributed by atoms with Crippen molar-refractivity contribution in [3.8, 4) is 11.1 Å². The highest BCUT2D eigenvalue weighted by Gasteiger charge is 2.09. The molecule has 2 nitrogen and oxygen atoms in total. The first-order chi connectivity index (χ1) is 9.65. The lowest BCUT2D eigenvalue weighted by molar-refractivity contribution is 0.286. The molecule has 1 aromatic carbocycles. The van der Waals surface area contributed by atoms with Gasteiger partial charge in [0.25, 0.3) is 0 Å². The molecule has 20 heavy (non-hydrogen) atoms. The fourth-order valence-corrected chi connectivity index (χ4v) is 3.06. The Hall–Kier alpha value is -1.58. The van der Waals surface area contributed by atoms with E-state index in [4.69, 9.17) is 0 Å². The van der Waals surface area contributed by atoms with Crippen LogP contribution in [0.15, 0.2) is 47.3 Å². The van der Waals surface area contributed by atoms with E-state index in [1.165, 1.54) is 22.0 Å². The molecule has 0 bridgehead atoms. The average Bonchev–Trinajstić information content (AvgIpc) is 3.08. The molecule has 3 aromatic rings. The van der Waals surface area contributed by atoms with Crippen LogP contribution in [0.3, 0.4) is 0 Å². The largest absolute Gasteiger partial charge is 0.346 e. The molecule has 3 rings (SSSR count). The standard InChI is InChI=1S/C17H20N2S/c1-13(18(2)3)11-19-8-6-14-4-5-15(10-17(14)19)16-7-9-20-12-16/h4-10,12-13H,11H2,1-3H3/t13-/m1/s1. The summed E-state index contributed by atoms with van der Waals surface area (Å²) in [6, 6.07) is 11.6. The number of fused-ring (bicyclic) bond motifs is 1. The molecule has 1 atom stereocenters. The van der Waals surface area contributed by atoms with E-state index in [9.17, 15) is 0 Å². The van der Waals surface area contributed by atoms with Crippen molar-refractivity contribution in [1.29, 1.82) is 0 Å². The van der Waals surface area contributed by atoms with Crippen LogP contribution >= 0.6 is 11.3 Å². The minimum atomic E-state index is 0.524. The second-order valence-electron chi connectivity index (χ2n) is 5.57. The smallest absolute Gasteiger partial charge is 0.0487 e. The summed E-state index contributed by atoms with van der Waals surface area (Å²) in [4.78, 5) is 2.26. The van der Waals surface area contributed by atoms with E-state index in [-0.39, 0.29) is 0 Å². The first-order valence-electron chi connectivity index (χ1n) is 6.93. The Bertz CT molecular complexity index is 695. The van der Waals surface area contributed by atoms with E-state index >= 15 is 0 Å². The van der Waals surface area contributed by atoms with Crippen molar-refractivity contribution >= 4 is 22.2 Å². The lowest BCUT2D eigenvalue weighted by atomic mass is 10.1. The first-order valence-corrected chi connectivity index (χ1v) is 7.87. The Morgan fingerprint density at radius 2 is 2.00 bits per heavy atom. The Balaban J connectivity index is 2.00. The third kappa shape index (κ3) is 2.51. The minimum absolute atomic E-state index is 0.524. The third-order valence-corrected chi connectivity index (χ3v) is 4.65. The molecule has 0 aliphatic rings. The van der Waals surface area contributed by atoms with Gasteiger partial charge < -0.3 is 9.47 Å². The summed E-state index contributed by atoms with van der Waals surface area (Å²) in [7, 11) is 4.26. The molecule has 0 radical (unpaired) electrons. The van der Waals surface area contributed by atoms with Crippen LogP contribution in [0.1, 0.15) is 6.92 Å². The van der Waals surface area contributed by atoms with Crippen molar-refractivity contribution in [1.82, 2.24) is 9.47 Å². The first kappa shape index (κ1) is 13.4. The summed E-state index contributed by atoms with van der Waals surface area (Å²) in [5, 5.41) is 5.65. The molecule has 0 saturated heterocycles. The molecule has 3 heteroatoms. The molecule has 0 amide bonds. The molecule has 0 unspecified atom stereocenters. The average molecular weight is 284 g/mol. The van der Waals surface area contributed by atoms with Gasteiger partial charge in [0.1, 0.15) is 0 Å². The molecule has 0 aliphatic carbocycles. The van der Waals surface area contributed by atoms with E-state index in [2.05, 4.69) is 77.8 Å². The van der Waals surface area contributed by atoms with Gasteiger partial charge in [0, 0.05) is 24.3 Å². The quantitative estimate of drug-likeness (QED) is 0.692. The summed E-state index contributed by atoms with van der Waals surface area (Å²) >= 11 is 1.75. The van der Waals surface area contributed by atoms with E-state index in [0.29, 0.717) is 6.04 Å². The zero-order valence-corrected chi connectivity index (χ0v) is 13.0. The predicted molar refractivity (Wildman–Crippen MR) is 88.4 cm³/mol. The van der Waals surface area contributed by atoms with Crippen LogP contribution in [-0.4, -0.2) is 29.6 Å². The second-order valence-corrected chi connectivity index (χ2v) is 6.35. The van der Waals surface area contributed by atoms with Crippen molar-refractivity contribution in [3.05, 3.63) is 47.3 Å². The highest BCUT2D eigenvalue weighted by Crippen LogP contribution is 2.27. The van der Waals surface area contributed by atoms with E-state index < -0.39 is 0 Å². The Kier molecular flexibility index (Phi) is 3.64. The Morgan fingerprint density at radius 1 is 1.15 bits per heavy atom. The van der Waals surface area contributed by atoms with E-state index in [0.717, 1.165) is 6.54 Å². The molecule has 2 heterocycles. The van der Waals surface area contributed by atoms with Crippen molar-refractivity contribution in [3.63, 3.8) is 0 Å². The maximum Gasteiger partial charge on any atom is 0.0487 e. The van der Waals surface area contributed by atoms with Crippen molar-refractivity contribution in [2.45, 2.75) is 19.5 Å². The van der Waals surface area contributed by atoms with Crippen molar-refractivity contribution in [2.75, 3.05) is 14.1 Å². The van der Waals surface area contributed by atoms with Gasteiger partial charge in [-0.05, 0) is 66.5 Å². The van der Waals surface area contributed by atoms with Gasteiger partial charge in [0.2, 0.25) is 0 Å². The Labute approximate surface area is 124 Å². The van der Waals surface area contributed by atoms with Crippen LogP contribution in [0, 0.1) is 0 Å². The molecule has 0 spiro atoms. The zero-order valence-electron chi connectivity index (χ0n) is 12.2. The van der Waals surface area contributed by atoms with Crippen LogP contribution in [0.2, 0.25) is 0 Å². The van der Waals surface area contributed by atoms with Gasteiger partial charge in [-0.25, -0.2) is 0 Å². The summed E-state index contributed by atoms with van der Waals surface area (Å²) in [6.45, 7) is 3.28. The number of thiophene rings is 1. The molecule has 2 aromatic heterocycles. The summed E-state index contributed by atoms with van der Waals surface area (Å²) in [5.74, 6) is 0. The molecular weight excluding hydrogens is 264 g/mol. The van der Waals surface area contributed by atoms with Crippen LogP contribution in [-0.2, 0) is 6.54 Å². The van der Waals surface area contributed by atoms with Crippen molar-refractivity contribution in [2.24, 2.45) is 0 Å². The number of hydrogen-bond donors (Lipinski definition) is 0. The van der Waals surface area contributed by atoms with Gasteiger partial charge in [-0.2, -0.15) is 11.3 Å². The van der Waals surface area contributed by atoms with E-state index in [1.54, 1.807) is 11.3 Å². The number of hydrogen-bond acceptors (Lipinski definition) is 2. The monoisotopic (exact) mass is 284 g/mol. The van der Waals surface area contributed by atoms with Gasteiger partial charge in [0.15, 0.2) is 0 Å². The SMILES string of the molecule is C[C@H](Cn1ccc2ccc(-c3ccsc3)cc21)N(C)C. The number of aromatic nitrogens is 1. The fourth-order valence-electron chi connectivity index (χ4n) is 2.40. The normalized spacial score (nSPS) is 13.2. The molecule has 0 N–H and O–H groups in total. The molecule has 0 fully saturated rings. The lowest BCUT2D eigenvalue weighted by Gasteiger charge is -2.20. The fraction of sp³-hybridized carbons (Fsp3) is 0.294. The van der Waals surface area contributed by atoms with Gasteiger partial charge >= 0.3 is 0 Å². The molecule has 0 aliphatic heterocycles. The summed E-state index contributed by atoms with van der Waals surface area (Å²) in [6.07, 6.45) is 2.20. The predicted octanol–water partition coefficient (Wildman–Crippen LogP) is 4.32. The number of rotatable bonds is 4. The second kappa shape index (κ2) is 5.43. The number of nitrogens with zero attached hydrogens (tertiary/aromatic N) is 2. The number of benzene rings is 1. The van der Waals surface area contributed by atoms with Gasteiger partial charge in [0.05, 0.1) is 0 Å². The third-order valence-electron chi connectivity index (χ3n) is 3.97. The van der Waals surface area contributed by atoms with Gasteiger partial charge in [-0.1, -0.05) is 12.1 Å². The highest BCUT2D eigenvalue weighted by molar-refractivity contribution is 7.08. The topological polar surface area (TPSA) is 8.17 Å². The summed E-state index contributed by atoms with van der Waals surface area (Å²) in [5.41, 5.74) is 3.93. The molecule has 0 saturated carbocycles. The zero-order chi connectivity index (χ0) is 14.1. The van der Waals surface area contributed by atoms with Crippen LogP contribution in [0.25, 0.3) is 22.0 Å². The van der Waals surface area contributed by atoms with Crippen LogP contribution < -0.4 is 0 Å². The van der Waals surface area contributed by atoms with Crippen LogP contribution in [0.4, 0.5) is 0 Å². The van der Waals surface area contributed by atoms with Gasteiger partial charge in [-0.15, -0.1) is 0 Å². The maximum atomic E-state index is 2.36. The summed E-state index contributed by atoms with van der Waals surface area (Å²) < 4.78 is 2.36. The highest BCUT2D eigenvalue weighted by atomic mass is 32.1. The molecular formula is C17H20N2S. The Morgan fingerprint density at radius 3 is 2.70 bits per heavy atom. The minimum Gasteiger partial charge on any atom is -0.346 e. The number of likely N-dealkylation sites (N-methyl/N-ethyl adjacent to an activating group) is 1. The van der Waals surface area contributed by atoms with Gasteiger partial charge in [-0.3, -0.25) is 0 Å². The maximum absolute atomic E-state index is 2.36. The van der Waals surface area contributed by atoms with Crippen LogP contribution in [0.5, 0.6) is 0 Å². The van der Waals surface area contributed by atoms with E-state index in [1.807, 2.05) is 0 Å².